The molecular formula is C31H23Cl2N3O3S. The molecule has 9 heteroatoms. The summed E-state index contributed by atoms with van der Waals surface area (Å²) in [7, 11) is 0. The Morgan fingerprint density at radius 1 is 0.950 bits per heavy atom. The van der Waals surface area contributed by atoms with Crippen molar-refractivity contribution < 1.29 is 14.3 Å². The normalized spacial score (nSPS) is 15.1. The molecule has 4 aromatic carbocycles. The van der Waals surface area contributed by atoms with E-state index in [4.69, 9.17) is 32.9 Å². The molecule has 0 aliphatic carbocycles. The zero-order chi connectivity index (χ0) is 28.1. The summed E-state index contributed by atoms with van der Waals surface area (Å²) < 4.78 is 5.63. The van der Waals surface area contributed by atoms with Crippen molar-refractivity contribution in [1.82, 2.24) is 0 Å². The molecule has 4 aromatic rings. The fraction of sp³-hybridized carbons (Fsp3) is 0.0645. The minimum absolute atomic E-state index is 0.185. The Hall–Kier alpha value is -4.04. The van der Waals surface area contributed by atoms with Crippen molar-refractivity contribution >= 4 is 75.1 Å². The van der Waals surface area contributed by atoms with Crippen molar-refractivity contribution in [2.45, 2.75) is 6.92 Å². The molecule has 0 unspecified atom stereocenters. The molecule has 1 aliphatic rings. The molecule has 0 aromatic heterocycles. The van der Waals surface area contributed by atoms with Gasteiger partial charge in [0.05, 0.1) is 21.3 Å². The number of hydrogen-bond acceptors (Lipinski definition) is 5. The number of nitrogens with one attached hydrogen (secondary N) is 1. The predicted octanol–water partition coefficient (Wildman–Crippen LogP) is 8.13. The first-order valence-electron chi connectivity index (χ1n) is 12.3. The van der Waals surface area contributed by atoms with E-state index in [1.165, 1.54) is 11.8 Å². The smallest absolute Gasteiger partial charge is 0.271 e. The van der Waals surface area contributed by atoms with Crippen LogP contribution in [0.15, 0.2) is 107 Å². The SMILES string of the molecule is Cc1ccc(NC(=O)COc2ccc(/C=C3\SC(=Nc4ccccc4)N(c4ccccc4)C3=O)cc2Cl)cc1Cl. The standard InChI is InChI=1S/C31H23Cl2N3O3S/c1-20-12-14-23(18-25(20)32)34-29(37)19-39-27-15-13-21(16-26(27)33)17-28-30(38)36(24-10-6-3-7-11-24)31(40-28)35-22-8-4-2-5-9-22/h2-18H,19H2,1H3,(H,34,37)/b28-17-,35-31?. The van der Waals surface area contributed by atoms with Gasteiger partial charge in [-0.3, -0.25) is 14.5 Å². The summed E-state index contributed by atoms with van der Waals surface area (Å²) in [6.07, 6.45) is 1.76. The van der Waals surface area contributed by atoms with Crippen LogP contribution in [0.5, 0.6) is 5.75 Å². The van der Waals surface area contributed by atoms with Crippen LogP contribution in [0.25, 0.3) is 6.08 Å². The van der Waals surface area contributed by atoms with Crippen molar-refractivity contribution in [3.05, 3.63) is 123 Å². The topological polar surface area (TPSA) is 71.0 Å². The summed E-state index contributed by atoms with van der Waals surface area (Å²) >= 11 is 13.9. The van der Waals surface area contributed by atoms with Crippen LogP contribution in [0.1, 0.15) is 11.1 Å². The maximum Gasteiger partial charge on any atom is 0.271 e. The summed E-state index contributed by atoms with van der Waals surface area (Å²) in [4.78, 5) is 32.6. The molecule has 5 rings (SSSR count). The zero-order valence-electron chi connectivity index (χ0n) is 21.3. The molecule has 0 spiro atoms. The molecule has 0 bridgehead atoms. The van der Waals surface area contributed by atoms with Crippen molar-refractivity contribution in [2.75, 3.05) is 16.8 Å². The molecule has 0 saturated carbocycles. The molecule has 6 nitrogen and oxygen atoms in total. The van der Waals surface area contributed by atoms with Gasteiger partial charge in [0.25, 0.3) is 11.8 Å². The largest absolute Gasteiger partial charge is 0.482 e. The van der Waals surface area contributed by atoms with E-state index in [2.05, 4.69) is 5.32 Å². The van der Waals surface area contributed by atoms with E-state index in [-0.39, 0.29) is 18.4 Å². The van der Waals surface area contributed by atoms with Crippen molar-refractivity contribution in [2.24, 2.45) is 4.99 Å². The number of amides is 2. The Labute approximate surface area is 246 Å². The van der Waals surface area contributed by atoms with E-state index in [9.17, 15) is 9.59 Å². The molecule has 1 aliphatic heterocycles. The highest BCUT2D eigenvalue weighted by Gasteiger charge is 2.34. The molecule has 2 amide bonds. The fourth-order valence-electron chi connectivity index (χ4n) is 3.85. The number of hydrogen-bond donors (Lipinski definition) is 1. The number of carbonyl (C=O) groups is 2. The van der Waals surface area contributed by atoms with E-state index in [1.54, 1.807) is 41.3 Å². The molecule has 40 heavy (non-hydrogen) atoms. The summed E-state index contributed by atoms with van der Waals surface area (Å²) in [5.74, 6) is -0.180. The van der Waals surface area contributed by atoms with Gasteiger partial charge in [0.2, 0.25) is 0 Å². The second-order valence-corrected chi connectivity index (χ2v) is 10.6. The van der Waals surface area contributed by atoms with Crippen molar-refractivity contribution in [1.29, 1.82) is 0 Å². The van der Waals surface area contributed by atoms with Gasteiger partial charge in [-0.2, -0.15) is 0 Å². The lowest BCUT2D eigenvalue weighted by Gasteiger charge is -2.15. The third-order valence-corrected chi connectivity index (χ3v) is 7.54. The number of halogens is 2. The average Bonchev–Trinajstić information content (AvgIpc) is 3.25. The van der Waals surface area contributed by atoms with Crippen LogP contribution in [0.3, 0.4) is 0 Å². The number of aryl methyl sites for hydroxylation is 1. The highest BCUT2D eigenvalue weighted by atomic mass is 35.5. The van der Waals surface area contributed by atoms with Crippen molar-refractivity contribution in [3.63, 3.8) is 0 Å². The van der Waals surface area contributed by atoms with E-state index < -0.39 is 0 Å². The van der Waals surface area contributed by atoms with Crippen LogP contribution in [0.2, 0.25) is 10.0 Å². The van der Waals surface area contributed by atoms with Gasteiger partial charge >= 0.3 is 0 Å². The molecule has 1 fully saturated rings. The first-order chi connectivity index (χ1) is 19.4. The number of carbonyl (C=O) groups excluding carboxylic acids is 2. The van der Waals surface area contributed by atoms with Gasteiger partial charge in [-0.05, 0) is 84.4 Å². The quantitative estimate of drug-likeness (QED) is 0.221. The fourth-order valence-corrected chi connectivity index (χ4v) is 5.28. The molecule has 200 valence electrons. The van der Waals surface area contributed by atoms with E-state index in [0.29, 0.717) is 37.1 Å². The van der Waals surface area contributed by atoms with Crippen LogP contribution < -0.4 is 15.0 Å². The zero-order valence-corrected chi connectivity index (χ0v) is 23.6. The molecule has 0 radical (unpaired) electrons. The van der Waals surface area contributed by atoms with Gasteiger partial charge < -0.3 is 10.1 Å². The van der Waals surface area contributed by atoms with Crippen molar-refractivity contribution in [3.8, 4) is 5.75 Å². The first kappa shape index (κ1) is 27.5. The van der Waals surface area contributed by atoms with E-state index in [0.717, 1.165) is 16.9 Å². The van der Waals surface area contributed by atoms with Gasteiger partial charge in [-0.1, -0.05) is 71.7 Å². The maximum atomic E-state index is 13.5. The molecule has 1 heterocycles. The predicted molar refractivity (Wildman–Crippen MR) is 165 cm³/mol. The Kier molecular flexibility index (Phi) is 8.55. The summed E-state index contributed by atoms with van der Waals surface area (Å²) in [6.45, 7) is 1.65. The van der Waals surface area contributed by atoms with E-state index in [1.807, 2.05) is 73.7 Å². The number of benzene rings is 4. The number of aliphatic imine (C=N–C) groups is 1. The number of para-hydroxylation sites is 2. The number of thioether (sulfide) groups is 1. The van der Waals surface area contributed by atoms with Crippen LogP contribution >= 0.6 is 35.0 Å². The number of amidine groups is 1. The van der Waals surface area contributed by atoms with Crippen LogP contribution in [-0.4, -0.2) is 23.6 Å². The lowest BCUT2D eigenvalue weighted by atomic mass is 10.2. The molecule has 1 saturated heterocycles. The van der Waals surface area contributed by atoms with Gasteiger partial charge in [-0.25, -0.2) is 4.99 Å². The molecule has 0 atom stereocenters. The Bertz CT molecular complexity index is 1630. The second-order valence-electron chi connectivity index (χ2n) is 8.81. The average molecular weight is 589 g/mol. The second kappa shape index (κ2) is 12.4. The monoisotopic (exact) mass is 587 g/mol. The Morgan fingerprint density at radius 2 is 1.68 bits per heavy atom. The summed E-state index contributed by atoms with van der Waals surface area (Å²) in [5.41, 5.74) is 3.68. The number of rotatable bonds is 7. The number of ether oxygens (including phenoxy) is 1. The van der Waals surface area contributed by atoms with Gasteiger partial charge in [0.15, 0.2) is 11.8 Å². The third-order valence-electron chi connectivity index (χ3n) is 5.87. The minimum Gasteiger partial charge on any atom is -0.482 e. The van der Waals surface area contributed by atoms with Crippen LogP contribution in [0.4, 0.5) is 17.1 Å². The van der Waals surface area contributed by atoms with Gasteiger partial charge in [0, 0.05) is 10.7 Å². The Balaban J connectivity index is 1.31. The Morgan fingerprint density at radius 3 is 2.38 bits per heavy atom. The molecular weight excluding hydrogens is 565 g/mol. The molecule has 1 N–H and O–H groups in total. The van der Waals surface area contributed by atoms with Crippen LogP contribution in [-0.2, 0) is 9.59 Å². The van der Waals surface area contributed by atoms with Gasteiger partial charge in [-0.15, -0.1) is 0 Å². The maximum absolute atomic E-state index is 13.5. The third kappa shape index (κ3) is 6.57. The summed E-state index contributed by atoms with van der Waals surface area (Å²) in [6, 6.07) is 29.3. The first-order valence-corrected chi connectivity index (χ1v) is 13.9. The highest BCUT2D eigenvalue weighted by molar-refractivity contribution is 8.19. The number of nitrogens with zero attached hydrogens (tertiary/aromatic N) is 2. The highest BCUT2D eigenvalue weighted by Crippen LogP contribution is 2.38. The van der Waals surface area contributed by atoms with Crippen LogP contribution in [0, 0.1) is 6.92 Å². The lowest BCUT2D eigenvalue weighted by Crippen LogP contribution is -2.28. The lowest BCUT2D eigenvalue weighted by molar-refractivity contribution is -0.118. The minimum atomic E-state index is -0.346. The van der Waals surface area contributed by atoms with E-state index >= 15 is 0 Å². The number of anilines is 2. The summed E-state index contributed by atoms with van der Waals surface area (Å²) in [5, 5.41) is 4.18. The van der Waals surface area contributed by atoms with Gasteiger partial charge in [0.1, 0.15) is 5.75 Å².